The molecule has 0 aromatic carbocycles. The quantitative estimate of drug-likeness (QED) is 0.285. The van der Waals surface area contributed by atoms with Gasteiger partial charge < -0.3 is 52.1 Å². The molecule has 0 atom stereocenters. The first-order valence-corrected chi connectivity index (χ1v) is 3.34. The second kappa shape index (κ2) is 29.9. The third-order valence-corrected chi connectivity index (χ3v) is 1.25. The molecule has 0 aliphatic carbocycles. The molecule has 9 nitrogen and oxygen atoms in total. The van der Waals surface area contributed by atoms with Crippen molar-refractivity contribution >= 4 is 17.9 Å². The number of nitrogens with zero attached hydrogens (tertiary/aromatic N) is 1. The Labute approximate surface area is 307 Å². The topological polar surface area (TPSA) is 196 Å². The SMILES string of the molecule is O.O=C([O-])CC(O)(CC(=O)[O-])C(=O)[O-].[Ag+].[C-]#N.[K+].[K+].[K+].[K+]. The predicted molar refractivity (Wildman–Crippen MR) is 37.8 cm³/mol. The zero-order chi connectivity index (χ0) is 12.6. The maximum Gasteiger partial charge on any atom is 1.00 e. The second-order valence-corrected chi connectivity index (χ2v) is 2.42. The van der Waals surface area contributed by atoms with Crippen LogP contribution in [0.4, 0.5) is 0 Å². The molecule has 3 N–H and O–H groups in total. The molecule has 0 heterocycles. The van der Waals surface area contributed by atoms with Crippen LogP contribution in [0.5, 0.6) is 0 Å². The van der Waals surface area contributed by atoms with E-state index in [0.717, 1.165) is 0 Å². The summed E-state index contributed by atoms with van der Waals surface area (Å²) in [7, 11) is 0. The van der Waals surface area contributed by atoms with E-state index in [2.05, 4.69) is 0 Å². The average Bonchev–Trinajstić information content (AvgIpc) is 2.04. The Morgan fingerprint density at radius 3 is 1.19 bits per heavy atom. The van der Waals surface area contributed by atoms with Crippen LogP contribution in [0.1, 0.15) is 12.8 Å². The van der Waals surface area contributed by atoms with E-state index in [1.807, 2.05) is 0 Å². The van der Waals surface area contributed by atoms with Crippen molar-refractivity contribution in [3.8, 4) is 0 Å². The van der Waals surface area contributed by atoms with E-state index in [0.29, 0.717) is 0 Å². The van der Waals surface area contributed by atoms with Gasteiger partial charge in [0.05, 0.1) is 5.97 Å². The minimum atomic E-state index is -2.97. The van der Waals surface area contributed by atoms with Gasteiger partial charge in [-0.2, -0.15) is 0 Å². The van der Waals surface area contributed by atoms with Crippen molar-refractivity contribution in [3.63, 3.8) is 0 Å². The van der Waals surface area contributed by atoms with Crippen LogP contribution in [0.25, 0.3) is 0 Å². The Bertz CT molecular complexity index is 288. The molecule has 0 aromatic heterocycles. The minimum Gasteiger partial charge on any atom is -0.550 e. The van der Waals surface area contributed by atoms with Crippen LogP contribution < -0.4 is 221 Å². The number of rotatable bonds is 5. The van der Waals surface area contributed by atoms with Crippen LogP contribution in [-0.2, 0) is 36.8 Å². The smallest absolute Gasteiger partial charge is 0.550 e. The Kier molecular flexibility index (Phi) is 71.4. The maximum atomic E-state index is 10.1. The first-order valence-electron chi connectivity index (χ1n) is 3.34. The Balaban J connectivity index is -0.0000000336. The van der Waals surface area contributed by atoms with Crippen molar-refractivity contribution < 1.29 is 268 Å². The van der Waals surface area contributed by atoms with Gasteiger partial charge >= 0.3 is 228 Å². The molecular formula is C7H7AgK4NO8+. The molecule has 0 rings (SSSR count). The first-order chi connectivity index (χ1) is 6.78. The van der Waals surface area contributed by atoms with E-state index in [9.17, 15) is 29.7 Å². The van der Waals surface area contributed by atoms with Crippen LogP contribution in [-0.4, -0.2) is 34.1 Å². The molecular weight excluding hydrogens is 490 g/mol. The van der Waals surface area contributed by atoms with Gasteiger partial charge in [-0.15, -0.1) is 0 Å². The van der Waals surface area contributed by atoms with Gasteiger partial charge in [-0.3, -0.25) is 0 Å². The maximum absolute atomic E-state index is 10.1. The zero-order valence-electron chi connectivity index (χ0n) is 12.1. The second-order valence-electron chi connectivity index (χ2n) is 2.42. The van der Waals surface area contributed by atoms with Gasteiger partial charge in [-0.25, -0.2) is 0 Å². The Morgan fingerprint density at radius 1 is 0.905 bits per heavy atom. The fourth-order valence-corrected chi connectivity index (χ4v) is 0.684. The van der Waals surface area contributed by atoms with E-state index in [4.69, 9.17) is 16.9 Å². The average molecular weight is 497 g/mol. The summed E-state index contributed by atoms with van der Waals surface area (Å²) in [4.78, 5) is 30.0. The van der Waals surface area contributed by atoms with E-state index < -0.39 is 36.4 Å². The van der Waals surface area contributed by atoms with Crippen LogP contribution in [0.2, 0.25) is 0 Å². The van der Waals surface area contributed by atoms with Gasteiger partial charge in [0, 0.05) is 24.8 Å². The molecule has 0 saturated carbocycles. The van der Waals surface area contributed by atoms with Crippen LogP contribution in [0, 0.1) is 11.8 Å². The largest absolute Gasteiger partial charge is 1.00 e. The molecule has 0 radical (unpaired) electrons. The summed E-state index contributed by atoms with van der Waals surface area (Å²) >= 11 is 0. The summed E-state index contributed by atoms with van der Waals surface area (Å²) in [5.41, 5.74) is -2.97. The van der Waals surface area contributed by atoms with Crippen LogP contribution in [0.3, 0.4) is 0 Å². The standard InChI is InChI=1S/C6H8O7.CN.Ag.4K.H2O/c7-3(8)1-6(13,5(11)12)2-4(9)10;1-2;;;;;;/h13H,1-2H2,(H,7,8)(H,9,10)(H,11,12);;;;;;;1H2/q;-1;5*+1;/p-3. The number of hydrogen-bond acceptors (Lipinski definition) is 8. The van der Waals surface area contributed by atoms with Crippen molar-refractivity contribution in [2.24, 2.45) is 0 Å². The van der Waals surface area contributed by atoms with Gasteiger partial charge in [-0.05, 0) is 0 Å². The van der Waals surface area contributed by atoms with Crippen molar-refractivity contribution in [1.82, 2.24) is 0 Å². The van der Waals surface area contributed by atoms with Gasteiger partial charge in [0.2, 0.25) is 0 Å². The number of aliphatic carboxylic acids is 3. The van der Waals surface area contributed by atoms with Crippen molar-refractivity contribution in [3.05, 3.63) is 6.57 Å². The molecule has 102 valence electrons. The van der Waals surface area contributed by atoms with E-state index in [1.54, 1.807) is 0 Å². The van der Waals surface area contributed by atoms with Crippen LogP contribution in [0.15, 0.2) is 0 Å². The molecule has 0 aliphatic heterocycles. The zero-order valence-corrected chi connectivity index (χ0v) is 26.0. The molecule has 0 unspecified atom stereocenters. The van der Waals surface area contributed by atoms with Crippen molar-refractivity contribution in [2.75, 3.05) is 0 Å². The summed E-state index contributed by atoms with van der Waals surface area (Å²) in [6.07, 6.45) is -2.72. The first kappa shape index (κ1) is 50.2. The van der Waals surface area contributed by atoms with E-state index in [1.165, 1.54) is 0 Å². The molecule has 0 bridgehead atoms. The molecule has 21 heavy (non-hydrogen) atoms. The van der Waals surface area contributed by atoms with Crippen molar-refractivity contribution in [2.45, 2.75) is 18.4 Å². The summed E-state index contributed by atoms with van der Waals surface area (Å²) in [6, 6.07) is 0. The van der Waals surface area contributed by atoms with E-state index in [-0.39, 0.29) is 233 Å². The summed E-state index contributed by atoms with van der Waals surface area (Å²) < 4.78 is 0. The molecule has 0 spiro atoms. The summed E-state index contributed by atoms with van der Waals surface area (Å²) in [5.74, 6) is -5.98. The molecule has 0 aliphatic rings. The minimum absolute atomic E-state index is 0. The third kappa shape index (κ3) is 30.1. The van der Waals surface area contributed by atoms with Gasteiger partial charge in [0.25, 0.3) is 0 Å². The molecule has 0 amide bonds. The fourth-order valence-electron chi connectivity index (χ4n) is 0.684. The van der Waals surface area contributed by atoms with Gasteiger partial charge in [0.15, 0.2) is 0 Å². The van der Waals surface area contributed by atoms with Crippen molar-refractivity contribution in [1.29, 1.82) is 5.26 Å². The Morgan fingerprint density at radius 2 is 1.10 bits per heavy atom. The summed E-state index contributed by atoms with van der Waals surface area (Å²) in [6.45, 7) is 4.75. The van der Waals surface area contributed by atoms with Crippen LogP contribution >= 0.6 is 0 Å². The number of carboxylic acid groups (broad SMARTS) is 3. The van der Waals surface area contributed by atoms with Gasteiger partial charge in [0.1, 0.15) is 5.60 Å². The third-order valence-electron chi connectivity index (χ3n) is 1.25. The number of hydrogen-bond donors (Lipinski definition) is 1. The number of aliphatic hydroxyl groups is 1. The van der Waals surface area contributed by atoms with Gasteiger partial charge in [-0.1, -0.05) is 0 Å². The summed E-state index contributed by atoms with van der Waals surface area (Å²) in [5, 5.41) is 45.2. The Hall–Kier alpha value is 5.11. The predicted octanol–water partition coefficient (Wildman–Crippen LogP) is -18.0. The van der Waals surface area contributed by atoms with E-state index >= 15 is 0 Å². The number of carbonyl (C=O) groups is 3. The monoisotopic (exact) mass is 496 g/mol. The molecule has 0 saturated heterocycles. The number of carbonyl (C=O) groups excluding carboxylic acids is 3. The fraction of sp³-hybridized carbons (Fsp3) is 0.429. The number of carboxylic acids is 3. The molecule has 0 fully saturated rings. The molecule has 0 aromatic rings. The normalized spacial score (nSPS) is 6.81. The molecule has 14 heteroatoms.